The average Bonchev–Trinajstić information content (AvgIpc) is 2.36. The molecule has 1 aromatic rings. The van der Waals surface area contributed by atoms with Crippen LogP contribution in [0.2, 0.25) is 6.82 Å². The molecule has 0 aliphatic carbocycles. The maximum atomic E-state index is 11.5. The maximum absolute atomic E-state index is 11.5. The molecule has 1 rings (SSSR count). The highest BCUT2D eigenvalue weighted by molar-refractivity contribution is 6.47. The lowest BCUT2D eigenvalue weighted by molar-refractivity contribution is -0.606. The highest BCUT2D eigenvalue weighted by Gasteiger charge is 2.20. The Hall–Kier alpha value is -2.62. The number of carbonyl (C=O) groups is 1. The van der Waals surface area contributed by atoms with Gasteiger partial charge < -0.3 is 20.2 Å². The summed E-state index contributed by atoms with van der Waals surface area (Å²) >= 11 is 0. The molecule has 0 aliphatic rings. The average molecular weight is 281 g/mol. The Balaban J connectivity index is 3.31. The minimum Gasteiger partial charge on any atom is -0.619 e. The first-order valence-electron chi connectivity index (χ1n) is 5.47. The van der Waals surface area contributed by atoms with E-state index in [0.29, 0.717) is 4.73 Å². The number of pyridine rings is 1. The van der Waals surface area contributed by atoms with Crippen LogP contribution < -0.4 is 9.96 Å². The Labute approximate surface area is 114 Å². The van der Waals surface area contributed by atoms with Crippen molar-refractivity contribution in [3.8, 4) is 0 Å². The zero-order valence-electron chi connectivity index (χ0n) is 10.8. The van der Waals surface area contributed by atoms with E-state index in [0.717, 1.165) is 31.6 Å². The summed E-state index contributed by atoms with van der Waals surface area (Å²) in [7, 11) is 0.0371. The fraction of sp³-hybridized carbons (Fsp3) is 0.200. The topological polar surface area (TPSA) is 129 Å². The van der Waals surface area contributed by atoms with Gasteiger partial charge in [0, 0.05) is 0 Å². The summed E-state index contributed by atoms with van der Waals surface area (Å²) < 4.78 is 4.84. The maximum Gasteiger partial charge on any atom is 0.407 e. The molecule has 0 aromatic carbocycles. The number of carbonyl (C=O) groups excluding carboxylic acids is 1. The van der Waals surface area contributed by atoms with Crippen LogP contribution in [-0.4, -0.2) is 30.1 Å². The Morgan fingerprint density at radius 3 is 2.80 bits per heavy atom. The molecule has 2 N–H and O–H groups in total. The van der Waals surface area contributed by atoms with Gasteiger partial charge in [0.1, 0.15) is 11.3 Å². The van der Waals surface area contributed by atoms with Crippen molar-refractivity contribution in [2.24, 2.45) is 0 Å². The van der Waals surface area contributed by atoms with E-state index in [9.17, 15) is 25.1 Å². The van der Waals surface area contributed by atoms with E-state index in [2.05, 4.69) is 9.96 Å². The molecule has 0 unspecified atom stereocenters. The fourth-order valence-electron chi connectivity index (χ4n) is 1.41. The lowest BCUT2D eigenvalue weighted by Gasteiger charge is -2.09. The van der Waals surface area contributed by atoms with Crippen molar-refractivity contribution in [2.75, 3.05) is 7.11 Å². The van der Waals surface area contributed by atoms with Gasteiger partial charge in [-0.05, 0) is 12.9 Å². The summed E-state index contributed by atoms with van der Waals surface area (Å²) in [4.78, 5) is 21.7. The van der Waals surface area contributed by atoms with Crippen molar-refractivity contribution in [3.63, 3.8) is 0 Å². The minimum absolute atomic E-state index is 0.0962. The van der Waals surface area contributed by atoms with E-state index in [1.165, 1.54) is 6.82 Å². The summed E-state index contributed by atoms with van der Waals surface area (Å²) in [6, 6.07) is 1.01. The molecule has 0 atom stereocenters. The van der Waals surface area contributed by atoms with Gasteiger partial charge in [0.15, 0.2) is 12.4 Å². The predicted octanol–water partition coefficient (Wildman–Crippen LogP) is -0.558. The van der Waals surface area contributed by atoms with Crippen LogP contribution in [0.1, 0.15) is 5.56 Å². The van der Waals surface area contributed by atoms with E-state index in [1.54, 1.807) is 0 Å². The quantitative estimate of drug-likeness (QED) is 0.141. The lowest BCUT2D eigenvalue weighted by atomic mass is 9.88. The van der Waals surface area contributed by atoms with Crippen molar-refractivity contribution in [3.05, 3.63) is 45.0 Å². The zero-order chi connectivity index (χ0) is 15.3. The number of aromatic nitrogens is 1. The number of nitrogens with zero attached hydrogens (tertiary/aromatic N) is 2. The van der Waals surface area contributed by atoms with Gasteiger partial charge in [-0.1, -0.05) is 0 Å². The van der Waals surface area contributed by atoms with Crippen molar-refractivity contribution < 1.29 is 24.2 Å². The molecule has 0 saturated heterocycles. The molecule has 20 heavy (non-hydrogen) atoms. The second-order valence-corrected chi connectivity index (χ2v) is 3.77. The first-order chi connectivity index (χ1) is 9.35. The van der Waals surface area contributed by atoms with Crippen molar-refractivity contribution in [2.45, 2.75) is 6.82 Å². The standard InChI is InChI=1S/C10H12BN3O6/c1-11(16)12-8(10(15)20-2)5-7-6-13(17)4-3-9(7)14(18)19/h3-6,12,16H,1-2H3/b8-5-. The van der Waals surface area contributed by atoms with Crippen LogP contribution in [0.5, 0.6) is 0 Å². The third kappa shape index (κ3) is 3.95. The van der Waals surface area contributed by atoms with E-state index in [-0.39, 0.29) is 16.9 Å². The third-order valence-corrected chi connectivity index (χ3v) is 2.21. The summed E-state index contributed by atoms with van der Waals surface area (Å²) in [5, 5.41) is 33.6. The summed E-state index contributed by atoms with van der Waals surface area (Å²) in [6.45, 7) is 1.35. The normalized spacial score (nSPS) is 10.8. The minimum atomic E-state index is -1.08. The Morgan fingerprint density at radius 2 is 2.30 bits per heavy atom. The zero-order valence-corrected chi connectivity index (χ0v) is 10.8. The van der Waals surface area contributed by atoms with Crippen molar-refractivity contribution in [1.82, 2.24) is 5.23 Å². The molecule has 106 valence electrons. The molecule has 0 amide bonds. The van der Waals surface area contributed by atoms with E-state index >= 15 is 0 Å². The van der Waals surface area contributed by atoms with Gasteiger partial charge in [-0.3, -0.25) is 10.1 Å². The van der Waals surface area contributed by atoms with Crippen LogP contribution in [0.25, 0.3) is 6.08 Å². The van der Waals surface area contributed by atoms with Crippen LogP contribution in [-0.2, 0) is 9.53 Å². The van der Waals surface area contributed by atoms with Gasteiger partial charge in [-0.25, -0.2) is 4.79 Å². The molecule has 0 saturated carbocycles. The largest absolute Gasteiger partial charge is 0.619 e. The first-order valence-corrected chi connectivity index (χ1v) is 5.47. The Kier molecular flexibility index (Phi) is 5.04. The molecule has 1 aromatic heterocycles. The highest BCUT2D eigenvalue weighted by atomic mass is 16.6. The number of nitro groups is 1. The molecule has 0 bridgehead atoms. The Morgan fingerprint density at radius 1 is 1.65 bits per heavy atom. The summed E-state index contributed by atoms with van der Waals surface area (Å²) in [6.07, 6.45) is 2.96. The molecule has 10 heteroatoms. The van der Waals surface area contributed by atoms with Crippen LogP contribution in [0.3, 0.4) is 0 Å². The molecule has 0 aliphatic heterocycles. The third-order valence-electron chi connectivity index (χ3n) is 2.21. The molecular formula is C10H12BN3O6. The molecular weight excluding hydrogens is 269 g/mol. The van der Waals surface area contributed by atoms with Gasteiger partial charge in [-0.15, -0.1) is 0 Å². The van der Waals surface area contributed by atoms with Gasteiger partial charge in [0.25, 0.3) is 5.69 Å². The van der Waals surface area contributed by atoms with E-state index in [1.807, 2.05) is 0 Å². The number of hydrogen-bond acceptors (Lipinski definition) is 7. The molecule has 1 heterocycles. The molecule has 0 spiro atoms. The van der Waals surface area contributed by atoms with Crippen LogP contribution in [0, 0.1) is 15.3 Å². The monoisotopic (exact) mass is 281 g/mol. The van der Waals surface area contributed by atoms with Crippen LogP contribution >= 0.6 is 0 Å². The number of nitrogens with one attached hydrogen (secondary N) is 1. The number of methoxy groups -OCH3 is 1. The second kappa shape index (κ2) is 6.52. The van der Waals surface area contributed by atoms with Gasteiger partial charge in [0.2, 0.25) is 0 Å². The number of ether oxygens (including phenoxy) is 1. The summed E-state index contributed by atoms with van der Waals surface area (Å²) in [5.74, 6) is -0.832. The predicted molar refractivity (Wildman–Crippen MR) is 69.0 cm³/mol. The smallest absolute Gasteiger partial charge is 0.407 e. The van der Waals surface area contributed by atoms with Crippen LogP contribution in [0.4, 0.5) is 5.69 Å². The number of rotatable bonds is 5. The van der Waals surface area contributed by atoms with Crippen molar-refractivity contribution in [1.29, 1.82) is 0 Å². The Bertz CT molecular complexity index is 560. The van der Waals surface area contributed by atoms with Gasteiger partial charge in [0.05, 0.1) is 18.1 Å². The van der Waals surface area contributed by atoms with Gasteiger partial charge in [-0.2, -0.15) is 4.73 Å². The van der Waals surface area contributed by atoms with E-state index < -0.39 is 17.9 Å². The highest BCUT2D eigenvalue weighted by Crippen LogP contribution is 2.18. The molecule has 0 radical (unpaired) electrons. The fourth-order valence-corrected chi connectivity index (χ4v) is 1.41. The SMILES string of the molecule is COC(=O)/C(=C/c1c[n+]([O-])ccc1[N+](=O)[O-])NB(C)O. The second-order valence-electron chi connectivity index (χ2n) is 3.77. The van der Waals surface area contributed by atoms with Gasteiger partial charge >= 0.3 is 13.0 Å². The van der Waals surface area contributed by atoms with E-state index in [4.69, 9.17) is 0 Å². The first kappa shape index (κ1) is 15.4. The number of hydrogen-bond donors (Lipinski definition) is 2. The molecule has 9 nitrogen and oxygen atoms in total. The summed E-state index contributed by atoms with van der Waals surface area (Å²) in [5.41, 5.74) is -0.663. The number of esters is 1. The lowest BCUT2D eigenvalue weighted by Crippen LogP contribution is -2.33. The molecule has 0 fully saturated rings. The van der Waals surface area contributed by atoms with Crippen molar-refractivity contribution >= 4 is 24.8 Å². The van der Waals surface area contributed by atoms with Crippen LogP contribution in [0.15, 0.2) is 24.2 Å².